The minimum atomic E-state index is -0.447. The second kappa shape index (κ2) is 6.50. The van der Waals surface area contributed by atoms with Gasteiger partial charge in [-0.15, -0.1) is 0 Å². The van der Waals surface area contributed by atoms with Crippen molar-refractivity contribution in [2.75, 3.05) is 6.54 Å². The van der Waals surface area contributed by atoms with Crippen molar-refractivity contribution in [2.24, 2.45) is 5.73 Å². The third kappa shape index (κ3) is 3.43. The molecule has 1 aromatic carbocycles. The monoisotopic (exact) mass is 272 g/mol. The van der Waals surface area contributed by atoms with Crippen molar-refractivity contribution in [3.8, 4) is 11.8 Å². The number of halogens is 1. The van der Waals surface area contributed by atoms with E-state index in [0.29, 0.717) is 17.7 Å². The van der Waals surface area contributed by atoms with E-state index in [4.69, 9.17) is 5.73 Å². The van der Waals surface area contributed by atoms with E-state index in [-0.39, 0.29) is 12.5 Å². The van der Waals surface area contributed by atoms with E-state index in [1.807, 2.05) is 0 Å². The summed E-state index contributed by atoms with van der Waals surface area (Å²) in [5.74, 6) is 4.53. The molecule has 2 rings (SSSR count). The number of nitrogens with one attached hydrogen (secondary N) is 2. The highest BCUT2D eigenvalue weighted by molar-refractivity contribution is 5.96. The average Bonchev–Trinajstić information content (AvgIpc) is 2.96. The molecule has 102 valence electrons. The molecule has 4 N–H and O–H groups in total. The molecule has 0 saturated carbocycles. The molecule has 2 aromatic rings. The second-order valence-electron chi connectivity index (χ2n) is 3.99. The summed E-state index contributed by atoms with van der Waals surface area (Å²) < 4.78 is 13.2. The van der Waals surface area contributed by atoms with Crippen LogP contribution in [-0.2, 0) is 6.54 Å². The van der Waals surface area contributed by atoms with Crippen molar-refractivity contribution in [1.82, 2.24) is 15.5 Å². The minimum Gasteiger partial charge on any atom is -0.348 e. The van der Waals surface area contributed by atoms with Gasteiger partial charge in [0.15, 0.2) is 0 Å². The molecule has 0 spiro atoms. The average molecular weight is 272 g/mol. The number of hydrogen-bond donors (Lipinski definition) is 3. The molecule has 6 heteroatoms. The molecule has 0 fully saturated rings. The lowest BCUT2D eigenvalue weighted by Gasteiger charge is -2.06. The number of aromatic nitrogens is 2. The van der Waals surface area contributed by atoms with Gasteiger partial charge >= 0.3 is 0 Å². The molecule has 0 aliphatic heterocycles. The number of benzene rings is 1. The van der Waals surface area contributed by atoms with Gasteiger partial charge in [0.2, 0.25) is 0 Å². The summed E-state index contributed by atoms with van der Waals surface area (Å²) >= 11 is 0. The summed E-state index contributed by atoms with van der Waals surface area (Å²) in [4.78, 5) is 12.1. The van der Waals surface area contributed by atoms with E-state index < -0.39 is 5.82 Å². The quantitative estimate of drug-likeness (QED) is 0.722. The van der Waals surface area contributed by atoms with Crippen LogP contribution in [0, 0.1) is 17.7 Å². The normalized spacial score (nSPS) is 9.70. The van der Waals surface area contributed by atoms with Crippen LogP contribution in [0.4, 0.5) is 4.39 Å². The summed E-state index contributed by atoms with van der Waals surface area (Å²) in [5, 5.41) is 9.15. The van der Waals surface area contributed by atoms with Crippen LogP contribution in [0.1, 0.15) is 21.5 Å². The summed E-state index contributed by atoms with van der Waals surface area (Å²) in [6, 6.07) is 3.84. The molecule has 0 radical (unpaired) electrons. The predicted molar refractivity (Wildman–Crippen MR) is 72.1 cm³/mol. The second-order valence-corrected chi connectivity index (χ2v) is 3.99. The first-order valence-corrected chi connectivity index (χ1v) is 5.95. The first kappa shape index (κ1) is 13.8. The van der Waals surface area contributed by atoms with E-state index in [1.165, 1.54) is 18.2 Å². The zero-order valence-corrected chi connectivity index (χ0v) is 10.6. The fraction of sp³-hybridized carbons (Fsp3) is 0.143. The molecule has 0 saturated heterocycles. The standard InChI is InChI=1S/C14H13FN4O/c15-12-3-4-13(11(6-12)2-1-5-16)14(20)17-7-10-8-18-19-9-10/h3-4,6,8-9H,5,7,16H2,(H,17,20)(H,18,19). The van der Waals surface area contributed by atoms with E-state index in [2.05, 4.69) is 27.4 Å². The molecule has 0 bridgehead atoms. The van der Waals surface area contributed by atoms with Crippen LogP contribution < -0.4 is 11.1 Å². The van der Waals surface area contributed by atoms with Crippen molar-refractivity contribution in [1.29, 1.82) is 0 Å². The SMILES string of the molecule is NCC#Cc1cc(F)ccc1C(=O)NCc1cn[nH]c1. The van der Waals surface area contributed by atoms with Crippen molar-refractivity contribution >= 4 is 5.91 Å². The van der Waals surface area contributed by atoms with Crippen LogP contribution >= 0.6 is 0 Å². The number of aromatic amines is 1. The Labute approximate surface area is 115 Å². The Hall–Kier alpha value is -2.65. The molecular weight excluding hydrogens is 259 g/mol. The summed E-state index contributed by atoms with van der Waals surface area (Å²) in [5.41, 5.74) is 6.76. The number of amides is 1. The van der Waals surface area contributed by atoms with Crippen molar-refractivity contribution < 1.29 is 9.18 Å². The lowest BCUT2D eigenvalue weighted by Crippen LogP contribution is -2.23. The zero-order valence-electron chi connectivity index (χ0n) is 10.6. The molecule has 0 atom stereocenters. The largest absolute Gasteiger partial charge is 0.348 e. The maximum absolute atomic E-state index is 13.2. The van der Waals surface area contributed by atoms with E-state index in [0.717, 1.165) is 5.56 Å². The highest BCUT2D eigenvalue weighted by Gasteiger charge is 2.11. The fourth-order valence-corrected chi connectivity index (χ4v) is 1.62. The molecule has 1 heterocycles. The summed E-state index contributed by atoms with van der Waals surface area (Å²) in [6.07, 6.45) is 3.29. The van der Waals surface area contributed by atoms with Gasteiger partial charge in [-0.3, -0.25) is 9.89 Å². The van der Waals surface area contributed by atoms with Crippen molar-refractivity contribution in [3.63, 3.8) is 0 Å². The molecule has 1 aromatic heterocycles. The van der Waals surface area contributed by atoms with Gasteiger partial charge in [-0.05, 0) is 18.2 Å². The summed E-state index contributed by atoms with van der Waals surface area (Å²) in [6.45, 7) is 0.475. The number of nitrogens with two attached hydrogens (primary N) is 1. The van der Waals surface area contributed by atoms with Gasteiger partial charge in [0, 0.05) is 23.9 Å². The third-order valence-electron chi connectivity index (χ3n) is 2.56. The fourth-order valence-electron chi connectivity index (χ4n) is 1.62. The van der Waals surface area contributed by atoms with Crippen LogP contribution in [0.5, 0.6) is 0 Å². The maximum Gasteiger partial charge on any atom is 0.252 e. The van der Waals surface area contributed by atoms with E-state index >= 15 is 0 Å². The number of hydrogen-bond acceptors (Lipinski definition) is 3. The van der Waals surface area contributed by atoms with Crippen molar-refractivity contribution in [3.05, 3.63) is 53.1 Å². The number of rotatable bonds is 3. The van der Waals surface area contributed by atoms with E-state index in [1.54, 1.807) is 12.4 Å². The Morgan fingerprint density at radius 1 is 1.50 bits per heavy atom. The highest BCUT2D eigenvalue weighted by Crippen LogP contribution is 2.10. The molecule has 0 unspecified atom stereocenters. The Morgan fingerprint density at radius 2 is 2.35 bits per heavy atom. The molecule has 0 aliphatic carbocycles. The smallest absolute Gasteiger partial charge is 0.252 e. The van der Waals surface area contributed by atoms with Gasteiger partial charge in [-0.1, -0.05) is 11.8 Å². The first-order chi connectivity index (χ1) is 9.70. The van der Waals surface area contributed by atoms with Gasteiger partial charge in [0.05, 0.1) is 18.3 Å². The van der Waals surface area contributed by atoms with Crippen LogP contribution in [0.3, 0.4) is 0 Å². The molecular formula is C14H13FN4O. The molecule has 1 amide bonds. The van der Waals surface area contributed by atoms with Gasteiger partial charge in [-0.2, -0.15) is 5.10 Å². The minimum absolute atomic E-state index is 0.145. The maximum atomic E-state index is 13.2. The predicted octanol–water partition coefficient (Wildman–Crippen LogP) is 0.789. The highest BCUT2D eigenvalue weighted by atomic mass is 19.1. The van der Waals surface area contributed by atoms with Gasteiger partial charge < -0.3 is 11.1 Å². The van der Waals surface area contributed by atoms with Crippen LogP contribution in [-0.4, -0.2) is 22.6 Å². The van der Waals surface area contributed by atoms with Crippen LogP contribution in [0.2, 0.25) is 0 Å². The number of carbonyl (C=O) groups excluding carboxylic acids is 1. The number of carbonyl (C=O) groups is 1. The molecule has 5 nitrogen and oxygen atoms in total. The number of nitrogens with zero attached hydrogens (tertiary/aromatic N) is 1. The first-order valence-electron chi connectivity index (χ1n) is 5.95. The lowest BCUT2D eigenvalue weighted by atomic mass is 10.1. The molecule has 0 aliphatic rings. The Morgan fingerprint density at radius 3 is 3.05 bits per heavy atom. The number of H-pyrrole nitrogens is 1. The molecule has 20 heavy (non-hydrogen) atoms. The Kier molecular flexibility index (Phi) is 4.47. The Bertz CT molecular complexity index is 656. The van der Waals surface area contributed by atoms with Crippen LogP contribution in [0.15, 0.2) is 30.6 Å². The third-order valence-corrected chi connectivity index (χ3v) is 2.56. The summed E-state index contributed by atoms with van der Waals surface area (Å²) in [7, 11) is 0. The van der Waals surface area contributed by atoms with E-state index in [9.17, 15) is 9.18 Å². The lowest BCUT2D eigenvalue weighted by molar-refractivity contribution is 0.0950. The van der Waals surface area contributed by atoms with Crippen molar-refractivity contribution in [2.45, 2.75) is 6.54 Å². The van der Waals surface area contributed by atoms with Gasteiger partial charge in [-0.25, -0.2) is 4.39 Å². The topological polar surface area (TPSA) is 83.8 Å². The Balaban J connectivity index is 2.16. The van der Waals surface area contributed by atoms with Crippen LogP contribution in [0.25, 0.3) is 0 Å². The van der Waals surface area contributed by atoms with Gasteiger partial charge in [0.25, 0.3) is 5.91 Å². The van der Waals surface area contributed by atoms with Gasteiger partial charge in [0.1, 0.15) is 5.82 Å². The zero-order chi connectivity index (χ0) is 14.4.